The first-order valence-electron chi connectivity index (χ1n) is 10.1. The van der Waals surface area contributed by atoms with Crippen LogP contribution in [-0.4, -0.2) is 35.4 Å². The smallest absolute Gasteiger partial charge is 0.220 e. The highest BCUT2D eigenvalue weighted by Gasteiger charge is 2.05. The van der Waals surface area contributed by atoms with Crippen LogP contribution in [0.15, 0.2) is 24.3 Å². The number of nitrogens with one attached hydrogen (secondary N) is 1. The summed E-state index contributed by atoms with van der Waals surface area (Å²) in [5.41, 5.74) is 0. The van der Waals surface area contributed by atoms with E-state index in [1.807, 2.05) is 0 Å². The number of hydrogen-bond acceptors (Lipinski definition) is 3. The quantitative estimate of drug-likeness (QED) is 0.270. The van der Waals surface area contributed by atoms with E-state index < -0.39 is 6.10 Å². The molecule has 0 spiro atoms. The molecule has 25 heavy (non-hydrogen) atoms. The number of aliphatic hydroxyl groups excluding tert-OH is 2. The van der Waals surface area contributed by atoms with Crippen molar-refractivity contribution < 1.29 is 15.0 Å². The first-order valence-corrected chi connectivity index (χ1v) is 10.1. The van der Waals surface area contributed by atoms with Crippen LogP contribution in [0.5, 0.6) is 0 Å². The van der Waals surface area contributed by atoms with Crippen molar-refractivity contribution in [3.8, 4) is 0 Å². The van der Waals surface area contributed by atoms with Gasteiger partial charge in [0.05, 0.1) is 12.7 Å². The van der Waals surface area contributed by atoms with Crippen molar-refractivity contribution in [3.05, 3.63) is 24.3 Å². The molecule has 0 bridgehead atoms. The lowest BCUT2D eigenvalue weighted by Gasteiger charge is -2.08. The van der Waals surface area contributed by atoms with Gasteiger partial charge in [-0.25, -0.2) is 0 Å². The van der Waals surface area contributed by atoms with Crippen LogP contribution in [0.3, 0.4) is 0 Å². The zero-order valence-corrected chi connectivity index (χ0v) is 16.1. The molecule has 0 aromatic rings. The minimum Gasteiger partial charge on any atom is -0.394 e. The van der Waals surface area contributed by atoms with E-state index in [0.29, 0.717) is 6.42 Å². The molecule has 4 nitrogen and oxygen atoms in total. The monoisotopic (exact) mass is 353 g/mol. The maximum atomic E-state index is 11.5. The van der Waals surface area contributed by atoms with Crippen LogP contribution < -0.4 is 5.32 Å². The molecule has 0 heterocycles. The lowest BCUT2D eigenvalue weighted by atomic mass is 10.1. The number of hydrogen-bond donors (Lipinski definition) is 3. The molecule has 0 aliphatic rings. The highest BCUT2D eigenvalue weighted by Crippen LogP contribution is 2.08. The first-order chi connectivity index (χ1) is 12.2. The molecule has 1 amide bonds. The maximum absolute atomic E-state index is 11.5. The molecule has 1 atom stereocenters. The van der Waals surface area contributed by atoms with Gasteiger partial charge in [0, 0.05) is 13.0 Å². The topological polar surface area (TPSA) is 69.6 Å². The summed E-state index contributed by atoms with van der Waals surface area (Å²) in [4.78, 5) is 11.5. The summed E-state index contributed by atoms with van der Waals surface area (Å²) in [5.74, 6) is -0.0433. The van der Waals surface area contributed by atoms with E-state index in [2.05, 4.69) is 36.5 Å². The molecule has 146 valence electrons. The summed E-state index contributed by atoms with van der Waals surface area (Å²) < 4.78 is 0. The Morgan fingerprint density at radius 2 is 1.52 bits per heavy atom. The van der Waals surface area contributed by atoms with Crippen molar-refractivity contribution in [2.75, 3.05) is 13.2 Å². The molecular weight excluding hydrogens is 314 g/mol. The first kappa shape index (κ1) is 23.9. The third-order valence-electron chi connectivity index (χ3n) is 4.10. The van der Waals surface area contributed by atoms with Crippen molar-refractivity contribution in [2.45, 2.75) is 90.1 Å². The number of aliphatic hydroxyl groups is 2. The lowest BCUT2D eigenvalue weighted by Crippen LogP contribution is -2.33. The summed E-state index contributed by atoms with van der Waals surface area (Å²) in [6, 6.07) is 0. The van der Waals surface area contributed by atoms with Crippen LogP contribution in [-0.2, 0) is 4.79 Å². The molecule has 0 rings (SSSR count). The Balaban J connectivity index is 3.30. The zero-order valence-electron chi connectivity index (χ0n) is 16.1. The van der Waals surface area contributed by atoms with E-state index >= 15 is 0 Å². The summed E-state index contributed by atoms with van der Waals surface area (Å²) in [6.07, 6.45) is 21.6. The van der Waals surface area contributed by atoms with Crippen molar-refractivity contribution in [1.29, 1.82) is 0 Å². The fourth-order valence-corrected chi connectivity index (χ4v) is 2.48. The van der Waals surface area contributed by atoms with Gasteiger partial charge in [-0.15, -0.1) is 0 Å². The van der Waals surface area contributed by atoms with Crippen molar-refractivity contribution >= 4 is 5.91 Å². The number of amides is 1. The molecule has 0 fully saturated rings. The Bertz CT molecular complexity index is 353. The second kappa shape index (κ2) is 19.2. The van der Waals surface area contributed by atoms with E-state index in [9.17, 15) is 4.79 Å². The van der Waals surface area contributed by atoms with Crippen LogP contribution in [0.4, 0.5) is 0 Å². The molecule has 4 heteroatoms. The maximum Gasteiger partial charge on any atom is 0.220 e. The van der Waals surface area contributed by atoms with Gasteiger partial charge in [-0.1, -0.05) is 63.3 Å². The molecule has 0 saturated heterocycles. The summed E-state index contributed by atoms with van der Waals surface area (Å²) >= 11 is 0. The Morgan fingerprint density at radius 3 is 2.16 bits per heavy atom. The molecular formula is C21H39NO3. The average Bonchev–Trinajstić information content (AvgIpc) is 2.62. The minimum atomic E-state index is -0.853. The predicted octanol–water partition coefficient (Wildman–Crippen LogP) is 4.27. The van der Waals surface area contributed by atoms with Crippen LogP contribution in [0, 0.1) is 0 Å². The standard InChI is InChI=1S/C21H39NO3/c1-2-3-4-5-6-7-8-9-10-11-12-13-14-15-16-17-21(25)22-18-20(24)19-23/h6-7,9-10,20,23-24H,2-5,8,11-19H2,1H3,(H,22,25). The normalized spacial score (nSPS) is 12.9. The van der Waals surface area contributed by atoms with Gasteiger partial charge in [0.25, 0.3) is 0 Å². The Kier molecular flexibility index (Phi) is 18.3. The van der Waals surface area contributed by atoms with Crippen molar-refractivity contribution in [1.82, 2.24) is 5.32 Å². The second-order valence-electron chi connectivity index (χ2n) is 6.62. The molecule has 3 N–H and O–H groups in total. The van der Waals surface area contributed by atoms with Crippen molar-refractivity contribution in [2.24, 2.45) is 0 Å². The van der Waals surface area contributed by atoms with E-state index in [0.717, 1.165) is 32.1 Å². The van der Waals surface area contributed by atoms with Crippen LogP contribution >= 0.6 is 0 Å². The Morgan fingerprint density at radius 1 is 0.920 bits per heavy atom. The van der Waals surface area contributed by atoms with Crippen LogP contribution in [0.25, 0.3) is 0 Å². The third kappa shape index (κ3) is 19.0. The molecule has 0 aliphatic heterocycles. The summed E-state index contributed by atoms with van der Waals surface area (Å²) in [7, 11) is 0. The molecule has 1 unspecified atom stereocenters. The SMILES string of the molecule is CCCCCC=CCC=CCCCCCCCC(=O)NCC(O)CO. The molecule has 0 aliphatic carbocycles. The number of carbonyl (C=O) groups excluding carboxylic acids is 1. The largest absolute Gasteiger partial charge is 0.394 e. The second-order valence-corrected chi connectivity index (χ2v) is 6.62. The highest BCUT2D eigenvalue weighted by atomic mass is 16.3. The molecule has 0 radical (unpaired) electrons. The highest BCUT2D eigenvalue weighted by molar-refractivity contribution is 5.75. The van der Waals surface area contributed by atoms with Gasteiger partial charge in [-0.3, -0.25) is 4.79 Å². The fourth-order valence-electron chi connectivity index (χ4n) is 2.48. The molecule has 0 aromatic carbocycles. The van der Waals surface area contributed by atoms with Crippen LogP contribution in [0.2, 0.25) is 0 Å². The predicted molar refractivity (Wildman–Crippen MR) is 105 cm³/mol. The van der Waals surface area contributed by atoms with Gasteiger partial charge in [0.2, 0.25) is 5.91 Å². The van der Waals surface area contributed by atoms with E-state index in [-0.39, 0.29) is 19.1 Å². The van der Waals surface area contributed by atoms with Crippen molar-refractivity contribution in [3.63, 3.8) is 0 Å². The Labute approximate surface area is 154 Å². The summed E-state index contributed by atoms with van der Waals surface area (Å²) in [6.45, 7) is 2.05. The van der Waals surface area contributed by atoms with Gasteiger partial charge < -0.3 is 15.5 Å². The van der Waals surface area contributed by atoms with Crippen LogP contribution in [0.1, 0.15) is 84.0 Å². The molecule has 0 saturated carbocycles. The number of unbranched alkanes of at least 4 members (excludes halogenated alkanes) is 8. The Hall–Kier alpha value is -1.13. The number of allylic oxidation sites excluding steroid dienone is 4. The zero-order chi connectivity index (χ0) is 18.6. The summed E-state index contributed by atoms with van der Waals surface area (Å²) in [5, 5.41) is 20.4. The van der Waals surface area contributed by atoms with E-state index in [1.165, 1.54) is 38.5 Å². The minimum absolute atomic E-state index is 0.0433. The molecule has 0 aromatic heterocycles. The van der Waals surface area contributed by atoms with E-state index in [1.54, 1.807) is 0 Å². The number of carbonyl (C=O) groups is 1. The van der Waals surface area contributed by atoms with Gasteiger partial charge in [0.1, 0.15) is 0 Å². The van der Waals surface area contributed by atoms with Gasteiger partial charge in [-0.05, 0) is 38.5 Å². The number of rotatable bonds is 17. The van der Waals surface area contributed by atoms with Gasteiger partial charge >= 0.3 is 0 Å². The lowest BCUT2D eigenvalue weighted by molar-refractivity contribution is -0.121. The average molecular weight is 354 g/mol. The van der Waals surface area contributed by atoms with Gasteiger partial charge in [0.15, 0.2) is 0 Å². The fraction of sp³-hybridized carbons (Fsp3) is 0.762. The third-order valence-corrected chi connectivity index (χ3v) is 4.10. The van der Waals surface area contributed by atoms with E-state index in [4.69, 9.17) is 10.2 Å². The van der Waals surface area contributed by atoms with Gasteiger partial charge in [-0.2, -0.15) is 0 Å².